The molecule has 0 saturated carbocycles. The summed E-state index contributed by atoms with van der Waals surface area (Å²) in [4.78, 5) is 12.9. The van der Waals surface area contributed by atoms with E-state index in [9.17, 15) is 4.79 Å². The van der Waals surface area contributed by atoms with Crippen LogP contribution in [0.5, 0.6) is 5.75 Å². The van der Waals surface area contributed by atoms with Crippen molar-refractivity contribution in [3.8, 4) is 5.75 Å². The molecular formula is C24H25NO2. The molecule has 0 aliphatic carbocycles. The van der Waals surface area contributed by atoms with Gasteiger partial charge in [0.05, 0.1) is 6.04 Å². The Morgan fingerprint density at radius 2 is 1.41 bits per heavy atom. The van der Waals surface area contributed by atoms with Crippen LogP contribution in [0.25, 0.3) is 0 Å². The molecule has 3 heteroatoms. The SMILES string of the molecule is Cc1ccccc1O[C@H](C)C(=O)N[C@@H](c1ccccc1)c1ccccc1C. The van der Waals surface area contributed by atoms with Crippen molar-refractivity contribution in [3.63, 3.8) is 0 Å². The Bertz CT molecular complexity index is 905. The quantitative estimate of drug-likeness (QED) is 0.674. The first kappa shape index (κ1) is 18.7. The van der Waals surface area contributed by atoms with Gasteiger partial charge in [0, 0.05) is 0 Å². The Morgan fingerprint density at radius 1 is 0.815 bits per heavy atom. The van der Waals surface area contributed by atoms with Gasteiger partial charge in [-0.3, -0.25) is 4.79 Å². The number of carbonyl (C=O) groups excluding carboxylic acids is 1. The number of amides is 1. The molecule has 0 saturated heterocycles. The lowest BCUT2D eigenvalue weighted by Crippen LogP contribution is -2.39. The van der Waals surface area contributed by atoms with Crippen molar-refractivity contribution in [2.75, 3.05) is 0 Å². The van der Waals surface area contributed by atoms with Gasteiger partial charge in [0.2, 0.25) is 0 Å². The summed E-state index contributed by atoms with van der Waals surface area (Å²) in [7, 11) is 0. The first-order valence-electron chi connectivity index (χ1n) is 9.19. The average molecular weight is 359 g/mol. The van der Waals surface area contributed by atoms with E-state index < -0.39 is 6.10 Å². The summed E-state index contributed by atoms with van der Waals surface area (Å²) in [6.45, 7) is 5.81. The van der Waals surface area contributed by atoms with Crippen LogP contribution in [-0.4, -0.2) is 12.0 Å². The van der Waals surface area contributed by atoms with Crippen LogP contribution in [0.2, 0.25) is 0 Å². The number of carbonyl (C=O) groups is 1. The van der Waals surface area contributed by atoms with Gasteiger partial charge < -0.3 is 10.1 Å². The second-order valence-electron chi connectivity index (χ2n) is 6.73. The van der Waals surface area contributed by atoms with Crippen LogP contribution in [0.15, 0.2) is 78.9 Å². The molecule has 0 bridgehead atoms. The Morgan fingerprint density at radius 3 is 2.07 bits per heavy atom. The third-order valence-corrected chi connectivity index (χ3v) is 4.69. The highest BCUT2D eigenvalue weighted by Crippen LogP contribution is 2.25. The minimum absolute atomic E-state index is 0.143. The van der Waals surface area contributed by atoms with E-state index in [0.29, 0.717) is 0 Å². The fourth-order valence-electron chi connectivity index (χ4n) is 3.09. The Kier molecular flexibility index (Phi) is 5.92. The zero-order chi connectivity index (χ0) is 19.2. The number of ether oxygens (including phenoxy) is 1. The molecule has 3 aromatic rings. The lowest BCUT2D eigenvalue weighted by Gasteiger charge is -2.24. The van der Waals surface area contributed by atoms with Gasteiger partial charge in [0.15, 0.2) is 6.10 Å². The molecule has 138 valence electrons. The van der Waals surface area contributed by atoms with Crippen molar-refractivity contribution in [1.82, 2.24) is 5.32 Å². The molecule has 1 N–H and O–H groups in total. The number of hydrogen-bond acceptors (Lipinski definition) is 2. The standard InChI is InChI=1S/C24H25NO2/c1-17-11-7-9-15-21(17)23(20-13-5-4-6-14-20)25-24(26)19(3)27-22-16-10-8-12-18(22)2/h4-16,19,23H,1-3H3,(H,25,26)/t19-,23+/m1/s1. The molecule has 0 aliphatic rings. The number of hydrogen-bond donors (Lipinski definition) is 1. The highest BCUT2D eigenvalue weighted by atomic mass is 16.5. The first-order valence-corrected chi connectivity index (χ1v) is 9.19. The molecule has 3 nitrogen and oxygen atoms in total. The summed E-state index contributed by atoms with van der Waals surface area (Å²) < 4.78 is 5.90. The summed E-state index contributed by atoms with van der Waals surface area (Å²) in [5, 5.41) is 3.17. The van der Waals surface area contributed by atoms with E-state index in [1.54, 1.807) is 6.92 Å². The van der Waals surface area contributed by atoms with Gasteiger partial charge >= 0.3 is 0 Å². The van der Waals surface area contributed by atoms with Crippen molar-refractivity contribution < 1.29 is 9.53 Å². The van der Waals surface area contributed by atoms with Gasteiger partial charge in [-0.2, -0.15) is 0 Å². The van der Waals surface area contributed by atoms with Crippen LogP contribution in [0.4, 0.5) is 0 Å². The van der Waals surface area contributed by atoms with Gasteiger partial charge in [0.25, 0.3) is 5.91 Å². The molecule has 2 atom stereocenters. The van der Waals surface area contributed by atoms with Gasteiger partial charge in [-0.05, 0) is 49.1 Å². The zero-order valence-electron chi connectivity index (χ0n) is 16.0. The number of rotatable bonds is 6. The topological polar surface area (TPSA) is 38.3 Å². The monoisotopic (exact) mass is 359 g/mol. The van der Waals surface area contributed by atoms with Crippen LogP contribution in [0, 0.1) is 13.8 Å². The molecule has 3 rings (SSSR count). The predicted molar refractivity (Wildman–Crippen MR) is 109 cm³/mol. The molecular weight excluding hydrogens is 334 g/mol. The number of aryl methyl sites for hydroxylation is 2. The summed E-state index contributed by atoms with van der Waals surface area (Å²) in [6.07, 6.45) is -0.596. The Balaban J connectivity index is 1.83. The van der Waals surface area contributed by atoms with Crippen molar-refractivity contribution in [2.45, 2.75) is 32.9 Å². The third-order valence-electron chi connectivity index (χ3n) is 4.69. The maximum atomic E-state index is 12.9. The van der Waals surface area contributed by atoms with Crippen molar-refractivity contribution in [3.05, 3.63) is 101 Å². The van der Waals surface area contributed by atoms with Crippen LogP contribution in [0.3, 0.4) is 0 Å². The molecule has 3 aromatic carbocycles. The average Bonchev–Trinajstić information content (AvgIpc) is 2.69. The van der Waals surface area contributed by atoms with Gasteiger partial charge in [-0.15, -0.1) is 0 Å². The highest BCUT2D eigenvalue weighted by molar-refractivity contribution is 5.81. The summed E-state index contributed by atoms with van der Waals surface area (Å²) >= 11 is 0. The van der Waals surface area contributed by atoms with Gasteiger partial charge in [-0.1, -0.05) is 72.8 Å². The van der Waals surface area contributed by atoms with Gasteiger partial charge in [0.1, 0.15) is 5.75 Å². The number of benzene rings is 3. The second-order valence-corrected chi connectivity index (χ2v) is 6.73. The maximum Gasteiger partial charge on any atom is 0.261 e. The van der Waals surface area contributed by atoms with Crippen molar-refractivity contribution >= 4 is 5.91 Å². The molecule has 0 aliphatic heterocycles. The number of nitrogens with one attached hydrogen (secondary N) is 1. The zero-order valence-corrected chi connectivity index (χ0v) is 16.0. The molecule has 1 amide bonds. The second kappa shape index (κ2) is 8.54. The minimum atomic E-state index is -0.596. The smallest absolute Gasteiger partial charge is 0.261 e. The van der Waals surface area contributed by atoms with E-state index in [1.807, 2.05) is 73.7 Å². The molecule has 0 fully saturated rings. The van der Waals surface area contributed by atoms with E-state index in [4.69, 9.17) is 4.74 Å². The van der Waals surface area contributed by atoms with Crippen LogP contribution in [0.1, 0.15) is 35.2 Å². The molecule has 0 spiro atoms. The lowest BCUT2D eigenvalue weighted by molar-refractivity contribution is -0.127. The molecule has 27 heavy (non-hydrogen) atoms. The van der Waals surface area contributed by atoms with E-state index >= 15 is 0 Å². The Hall–Kier alpha value is -3.07. The molecule has 0 unspecified atom stereocenters. The molecule has 0 radical (unpaired) electrons. The molecule has 0 aromatic heterocycles. The van der Waals surface area contributed by atoms with E-state index in [2.05, 4.69) is 24.4 Å². The van der Waals surface area contributed by atoms with Gasteiger partial charge in [-0.25, -0.2) is 0 Å². The number of para-hydroxylation sites is 1. The van der Waals surface area contributed by atoms with Crippen molar-refractivity contribution in [1.29, 1.82) is 0 Å². The fourth-order valence-corrected chi connectivity index (χ4v) is 3.09. The fraction of sp³-hybridized carbons (Fsp3) is 0.208. The highest BCUT2D eigenvalue weighted by Gasteiger charge is 2.23. The minimum Gasteiger partial charge on any atom is -0.481 e. The third kappa shape index (κ3) is 4.56. The van der Waals surface area contributed by atoms with E-state index in [0.717, 1.165) is 28.0 Å². The Labute approximate surface area is 161 Å². The summed E-state index contributed by atoms with van der Waals surface area (Å²) in [5.41, 5.74) is 4.28. The summed E-state index contributed by atoms with van der Waals surface area (Å²) in [5.74, 6) is 0.586. The normalized spacial score (nSPS) is 12.9. The van der Waals surface area contributed by atoms with Crippen molar-refractivity contribution in [2.24, 2.45) is 0 Å². The van der Waals surface area contributed by atoms with Crippen LogP contribution in [-0.2, 0) is 4.79 Å². The van der Waals surface area contributed by atoms with E-state index in [1.165, 1.54) is 0 Å². The summed E-state index contributed by atoms with van der Waals surface area (Å²) in [6, 6.07) is 25.6. The largest absolute Gasteiger partial charge is 0.481 e. The van der Waals surface area contributed by atoms with E-state index in [-0.39, 0.29) is 11.9 Å². The maximum absolute atomic E-state index is 12.9. The molecule has 0 heterocycles. The van der Waals surface area contributed by atoms with Crippen LogP contribution >= 0.6 is 0 Å². The predicted octanol–water partition coefficient (Wildman–Crippen LogP) is 4.98. The lowest BCUT2D eigenvalue weighted by atomic mass is 9.95. The van der Waals surface area contributed by atoms with Crippen LogP contribution < -0.4 is 10.1 Å². The first-order chi connectivity index (χ1) is 13.1.